The Balaban J connectivity index is 3.04. The number of ether oxygens (including phenoxy) is 2. The predicted octanol–water partition coefficient (Wildman–Crippen LogP) is 3.34. The van der Waals surface area contributed by atoms with Crippen molar-refractivity contribution in [1.82, 2.24) is 0 Å². The van der Waals surface area contributed by atoms with Crippen LogP contribution in [0.5, 0.6) is 5.75 Å². The summed E-state index contributed by atoms with van der Waals surface area (Å²) in [5.74, 6) is 0.353. The third-order valence-corrected chi connectivity index (χ3v) is 2.45. The molecule has 0 aliphatic carbocycles. The Hall–Kier alpha value is -1.89. The first kappa shape index (κ1) is 17.2. The van der Waals surface area contributed by atoms with Gasteiger partial charge in [-0.15, -0.1) is 0 Å². The summed E-state index contributed by atoms with van der Waals surface area (Å²) in [4.78, 5) is 11.7. The number of alkyl halides is 2. The summed E-state index contributed by atoms with van der Waals surface area (Å²) in [6.07, 6.45) is -5.79. The molecule has 1 atom stereocenters. The molecule has 0 fully saturated rings. The van der Waals surface area contributed by atoms with Crippen LogP contribution >= 0.6 is 0 Å². The maximum Gasteiger partial charge on any atom is 0.412 e. The summed E-state index contributed by atoms with van der Waals surface area (Å²) in [6, 6.07) is 4.02. The molecule has 5 nitrogen and oxygen atoms in total. The second kappa shape index (κ2) is 6.71. The highest BCUT2D eigenvalue weighted by atomic mass is 19.3. The number of amides is 1. The van der Waals surface area contributed by atoms with Crippen LogP contribution in [0.3, 0.4) is 0 Å². The summed E-state index contributed by atoms with van der Waals surface area (Å²) >= 11 is 0. The minimum absolute atomic E-state index is 0.0106. The zero-order valence-electron chi connectivity index (χ0n) is 12.3. The smallest absolute Gasteiger partial charge is 0.412 e. The van der Waals surface area contributed by atoms with Gasteiger partial charge in [0, 0.05) is 11.6 Å². The van der Waals surface area contributed by atoms with Crippen molar-refractivity contribution >= 4 is 11.8 Å². The SMILES string of the molecule is COc1ccc(C(O)C(F)F)c(NC(=O)OC(C)(C)C)c1. The number of hydrogen-bond donors (Lipinski definition) is 2. The van der Waals surface area contributed by atoms with Gasteiger partial charge in [0.2, 0.25) is 0 Å². The maximum absolute atomic E-state index is 12.7. The Kier molecular flexibility index (Phi) is 5.48. The molecule has 1 aromatic carbocycles. The number of aliphatic hydroxyl groups is 1. The van der Waals surface area contributed by atoms with Crippen LogP contribution in [0.2, 0.25) is 0 Å². The molecule has 0 bridgehead atoms. The molecule has 1 amide bonds. The summed E-state index contributed by atoms with van der Waals surface area (Å²) in [5.41, 5.74) is -0.835. The maximum atomic E-state index is 12.7. The van der Waals surface area contributed by atoms with Crippen molar-refractivity contribution in [2.24, 2.45) is 0 Å². The molecule has 0 aromatic heterocycles. The molecule has 2 N–H and O–H groups in total. The van der Waals surface area contributed by atoms with E-state index in [1.165, 1.54) is 25.3 Å². The van der Waals surface area contributed by atoms with Crippen LogP contribution in [0, 0.1) is 0 Å². The number of carbonyl (C=O) groups excluding carboxylic acids is 1. The Labute approximate surface area is 121 Å². The van der Waals surface area contributed by atoms with Gasteiger partial charge in [0.25, 0.3) is 6.43 Å². The molecular formula is C14H19F2NO4. The van der Waals surface area contributed by atoms with E-state index in [0.29, 0.717) is 5.75 Å². The van der Waals surface area contributed by atoms with Crippen molar-refractivity contribution in [3.05, 3.63) is 23.8 Å². The molecule has 1 unspecified atom stereocenters. The number of benzene rings is 1. The van der Waals surface area contributed by atoms with E-state index in [0.717, 1.165) is 0 Å². The van der Waals surface area contributed by atoms with E-state index >= 15 is 0 Å². The zero-order chi connectivity index (χ0) is 16.2. The van der Waals surface area contributed by atoms with Gasteiger partial charge >= 0.3 is 6.09 Å². The molecule has 0 radical (unpaired) electrons. The van der Waals surface area contributed by atoms with Gasteiger partial charge in [0.1, 0.15) is 17.5 Å². The standard InChI is InChI=1S/C14H19F2NO4/c1-14(2,3)21-13(19)17-10-7-8(20-4)5-6-9(10)11(18)12(15)16/h5-7,11-12,18H,1-4H3,(H,17,19). The number of carbonyl (C=O) groups is 1. The number of halogens is 2. The van der Waals surface area contributed by atoms with Gasteiger partial charge in [-0.3, -0.25) is 5.32 Å². The number of anilines is 1. The minimum atomic E-state index is -2.97. The van der Waals surface area contributed by atoms with Crippen molar-refractivity contribution in [1.29, 1.82) is 0 Å². The summed E-state index contributed by atoms with van der Waals surface area (Å²) < 4.78 is 35.3. The summed E-state index contributed by atoms with van der Waals surface area (Å²) in [7, 11) is 1.40. The van der Waals surface area contributed by atoms with Gasteiger partial charge in [-0.2, -0.15) is 0 Å². The van der Waals surface area contributed by atoms with Crippen molar-refractivity contribution in [3.8, 4) is 5.75 Å². The predicted molar refractivity (Wildman–Crippen MR) is 73.8 cm³/mol. The van der Waals surface area contributed by atoms with E-state index in [2.05, 4.69) is 5.32 Å². The molecule has 0 aliphatic rings. The average Bonchev–Trinajstić information content (AvgIpc) is 2.35. The zero-order valence-corrected chi connectivity index (χ0v) is 12.3. The highest BCUT2D eigenvalue weighted by Crippen LogP contribution is 2.31. The van der Waals surface area contributed by atoms with E-state index < -0.39 is 24.2 Å². The second-order valence-electron chi connectivity index (χ2n) is 5.36. The number of hydrogen-bond acceptors (Lipinski definition) is 4. The highest BCUT2D eigenvalue weighted by Gasteiger charge is 2.24. The summed E-state index contributed by atoms with van der Waals surface area (Å²) in [5, 5.41) is 11.8. The third-order valence-electron chi connectivity index (χ3n) is 2.45. The van der Waals surface area contributed by atoms with E-state index in [9.17, 15) is 18.7 Å². The Morgan fingerprint density at radius 3 is 2.43 bits per heavy atom. The largest absolute Gasteiger partial charge is 0.497 e. The van der Waals surface area contributed by atoms with Crippen LogP contribution in [-0.2, 0) is 4.74 Å². The van der Waals surface area contributed by atoms with Crippen molar-refractivity contribution < 1.29 is 28.2 Å². The third kappa shape index (κ3) is 5.18. The van der Waals surface area contributed by atoms with Gasteiger partial charge in [0.15, 0.2) is 0 Å². The normalized spacial score (nSPS) is 13.0. The molecule has 1 aromatic rings. The fraction of sp³-hybridized carbons (Fsp3) is 0.500. The molecule has 7 heteroatoms. The van der Waals surface area contributed by atoms with E-state index in [1.807, 2.05) is 0 Å². The first-order valence-corrected chi connectivity index (χ1v) is 6.28. The van der Waals surface area contributed by atoms with Crippen molar-refractivity contribution in [2.75, 3.05) is 12.4 Å². The minimum Gasteiger partial charge on any atom is -0.497 e. The lowest BCUT2D eigenvalue weighted by Crippen LogP contribution is -2.27. The van der Waals surface area contributed by atoms with Gasteiger partial charge in [-0.25, -0.2) is 13.6 Å². The van der Waals surface area contributed by atoms with Crippen LogP contribution < -0.4 is 10.1 Å². The lowest BCUT2D eigenvalue weighted by molar-refractivity contribution is -0.00547. The first-order chi connectivity index (χ1) is 9.64. The number of methoxy groups -OCH3 is 1. The topological polar surface area (TPSA) is 67.8 Å². The highest BCUT2D eigenvalue weighted by molar-refractivity contribution is 5.86. The van der Waals surface area contributed by atoms with E-state index in [-0.39, 0.29) is 11.3 Å². The van der Waals surface area contributed by atoms with Gasteiger partial charge in [0.05, 0.1) is 12.8 Å². The quantitative estimate of drug-likeness (QED) is 0.895. The van der Waals surface area contributed by atoms with Gasteiger partial charge in [-0.1, -0.05) is 6.07 Å². The van der Waals surface area contributed by atoms with Crippen LogP contribution in [0.15, 0.2) is 18.2 Å². The molecular weight excluding hydrogens is 284 g/mol. The molecule has 0 saturated heterocycles. The van der Waals surface area contributed by atoms with Crippen molar-refractivity contribution in [2.45, 2.75) is 38.9 Å². The number of aliphatic hydroxyl groups excluding tert-OH is 1. The molecule has 1 rings (SSSR count). The van der Waals surface area contributed by atoms with Crippen LogP contribution in [0.25, 0.3) is 0 Å². The molecule has 0 aliphatic heterocycles. The van der Waals surface area contributed by atoms with E-state index in [1.54, 1.807) is 20.8 Å². The van der Waals surface area contributed by atoms with E-state index in [4.69, 9.17) is 9.47 Å². The lowest BCUT2D eigenvalue weighted by Gasteiger charge is -2.21. The first-order valence-electron chi connectivity index (χ1n) is 6.28. The summed E-state index contributed by atoms with van der Waals surface area (Å²) in [6.45, 7) is 5.02. The molecule has 0 heterocycles. The second-order valence-corrected chi connectivity index (χ2v) is 5.36. The monoisotopic (exact) mass is 303 g/mol. The molecule has 118 valence electrons. The fourth-order valence-corrected chi connectivity index (χ4v) is 1.58. The van der Waals surface area contributed by atoms with Crippen molar-refractivity contribution in [3.63, 3.8) is 0 Å². The number of rotatable bonds is 4. The average molecular weight is 303 g/mol. The van der Waals surface area contributed by atoms with Gasteiger partial charge in [-0.05, 0) is 26.8 Å². The van der Waals surface area contributed by atoms with Crippen LogP contribution in [0.4, 0.5) is 19.3 Å². The fourth-order valence-electron chi connectivity index (χ4n) is 1.58. The lowest BCUT2D eigenvalue weighted by atomic mass is 10.1. The van der Waals surface area contributed by atoms with Gasteiger partial charge < -0.3 is 14.6 Å². The Morgan fingerprint density at radius 1 is 1.33 bits per heavy atom. The van der Waals surface area contributed by atoms with Crippen LogP contribution in [-0.4, -0.2) is 30.3 Å². The molecule has 21 heavy (non-hydrogen) atoms. The number of nitrogens with one attached hydrogen (secondary N) is 1. The Morgan fingerprint density at radius 2 is 1.95 bits per heavy atom. The molecule has 0 saturated carbocycles. The Bertz CT molecular complexity index is 500. The molecule has 0 spiro atoms. The van der Waals surface area contributed by atoms with Crippen LogP contribution in [0.1, 0.15) is 32.4 Å².